The third-order valence-corrected chi connectivity index (χ3v) is 3.20. The summed E-state index contributed by atoms with van der Waals surface area (Å²) in [5.74, 6) is -0.357. The Morgan fingerprint density at radius 1 is 1.58 bits per heavy atom. The topological polar surface area (TPSA) is 87.2 Å². The van der Waals surface area contributed by atoms with Gasteiger partial charge in [-0.2, -0.15) is 5.26 Å². The third-order valence-electron chi connectivity index (χ3n) is 2.88. The molecule has 6 nitrogen and oxygen atoms in total. The number of rotatable bonds is 4. The number of nitrogens with zero attached hydrogens (tertiary/aromatic N) is 3. The van der Waals surface area contributed by atoms with Crippen molar-refractivity contribution >= 4 is 23.2 Å². The Morgan fingerprint density at radius 3 is 2.74 bits per heavy atom. The Balaban J connectivity index is 2.28. The smallest absolute Gasteiger partial charge is 0.270 e. The molecule has 19 heavy (non-hydrogen) atoms. The highest BCUT2D eigenvalue weighted by atomic mass is 35.5. The summed E-state index contributed by atoms with van der Waals surface area (Å²) in [6.45, 7) is -0.00316. The highest BCUT2D eigenvalue weighted by Gasteiger charge is 2.33. The number of hydrogen-bond donors (Lipinski definition) is 0. The van der Waals surface area contributed by atoms with Crippen molar-refractivity contribution in [3.05, 3.63) is 38.9 Å². The number of benzene rings is 1. The number of hydrogen-bond acceptors (Lipinski definition) is 4. The van der Waals surface area contributed by atoms with Gasteiger partial charge in [0.15, 0.2) is 0 Å². The molecule has 0 atom stereocenters. The van der Waals surface area contributed by atoms with E-state index in [2.05, 4.69) is 0 Å². The van der Waals surface area contributed by atoms with Crippen molar-refractivity contribution in [1.29, 1.82) is 5.26 Å². The predicted octanol–water partition coefficient (Wildman–Crippen LogP) is 2.38. The molecule has 1 amide bonds. The van der Waals surface area contributed by atoms with E-state index in [-0.39, 0.29) is 34.8 Å². The van der Waals surface area contributed by atoms with Gasteiger partial charge in [-0.15, -0.1) is 0 Å². The predicted molar refractivity (Wildman–Crippen MR) is 67.8 cm³/mol. The number of nitriles is 1. The van der Waals surface area contributed by atoms with Crippen molar-refractivity contribution in [2.75, 3.05) is 6.54 Å². The Bertz CT molecular complexity index is 578. The van der Waals surface area contributed by atoms with Gasteiger partial charge in [-0.3, -0.25) is 14.9 Å². The molecular weight excluding hydrogens is 270 g/mol. The average molecular weight is 280 g/mol. The number of amides is 1. The number of nitro groups is 1. The second-order valence-electron chi connectivity index (χ2n) is 4.24. The molecular formula is C12H10ClN3O3. The van der Waals surface area contributed by atoms with Crippen LogP contribution in [0.5, 0.6) is 0 Å². The Labute approximate surface area is 114 Å². The van der Waals surface area contributed by atoms with Gasteiger partial charge in [0.2, 0.25) is 0 Å². The fourth-order valence-corrected chi connectivity index (χ4v) is 2.03. The maximum atomic E-state index is 12.2. The molecule has 7 heteroatoms. The number of nitro benzene ring substituents is 1. The SMILES string of the molecule is N#CCN(C(=O)c1ccc([N+](=O)[O-])cc1Cl)C1CC1. The normalized spacial score (nSPS) is 13.7. The second-order valence-corrected chi connectivity index (χ2v) is 4.65. The lowest BCUT2D eigenvalue weighted by Crippen LogP contribution is -2.33. The van der Waals surface area contributed by atoms with Gasteiger partial charge >= 0.3 is 0 Å². The van der Waals surface area contributed by atoms with Crippen molar-refractivity contribution in [2.45, 2.75) is 18.9 Å². The molecule has 1 aliphatic rings. The van der Waals surface area contributed by atoms with Crippen LogP contribution in [0.2, 0.25) is 5.02 Å². The summed E-state index contributed by atoms with van der Waals surface area (Å²) in [5.41, 5.74) is 0.0224. The van der Waals surface area contributed by atoms with Gasteiger partial charge in [-0.1, -0.05) is 11.6 Å². The zero-order valence-electron chi connectivity index (χ0n) is 9.88. The van der Waals surface area contributed by atoms with E-state index in [1.54, 1.807) is 0 Å². The van der Waals surface area contributed by atoms with Gasteiger partial charge in [0.1, 0.15) is 6.54 Å². The first kappa shape index (κ1) is 13.3. The van der Waals surface area contributed by atoms with E-state index in [1.165, 1.54) is 17.0 Å². The molecule has 1 aromatic carbocycles. The molecule has 2 rings (SSSR count). The third kappa shape index (κ3) is 2.83. The summed E-state index contributed by atoms with van der Waals surface area (Å²) in [6, 6.07) is 5.73. The number of halogens is 1. The summed E-state index contributed by atoms with van der Waals surface area (Å²) in [5, 5.41) is 19.4. The molecule has 0 unspecified atom stereocenters. The molecule has 1 aliphatic carbocycles. The van der Waals surface area contributed by atoms with Crippen molar-refractivity contribution in [3.8, 4) is 6.07 Å². The van der Waals surface area contributed by atoms with Gasteiger partial charge < -0.3 is 4.90 Å². The number of carbonyl (C=O) groups is 1. The van der Waals surface area contributed by atoms with Crippen LogP contribution in [-0.4, -0.2) is 28.3 Å². The summed E-state index contributed by atoms with van der Waals surface area (Å²) in [7, 11) is 0. The van der Waals surface area contributed by atoms with E-state index < -0.39 is 4.92 Å². The van der Waals surface area contributed by atoms with Crippen LogP contribution in [0.25, 0.3) is 0 Å². The van der Waals surface area contributed by atoms with E-state index in [9.17, 15) is 14.9 Å². The molecule has 0 spiro atoms. The fourth-order valence-electron chi connectivity index (χ4n) is 1.77. The van der Waals surface area contributed by atoms with Crippen molar-refractivity contribution in [2.24, 2.45) is 0 Å². The Hall–Kier alpha value is -2.13. The molecule has 0 bridgehead atoms. The molecule has 1 fully saturated rings. The lowest BCUT2D eigenvalue weighted by atomic mass is 10.1. The number of carbonyl (C=O) groups excluding carboxylic acids is 1. The van der Waals surface area contributed by atoms with Crippen LogP contribution < -0.4 is 0 Å². The average Bonchev–Trinajstić information content (AvgIpc) is 3.19. The molecule has 1 aromatic rings. The van der Waals surface area contributed by atoms with Gasteiger partial charge in [0.05, 0.1) is 21.6 Å². The molecule has 0 saturated heterocycles. The van der Waals surface area contributed by atoms with Crippen LogP contribution in [0.1, 0.15) is 23.2 Å². The monoisotopic (exact) mass is 279 g/mol. The highest BCUT2D eigenvalue weighted by Crippen LogP contribution is 2.30. The largest absolute Gasteiger partial charge is 0.322 e. The maximum Gasteiger partial charge on any atom is 0.270 e. The Morgan fingerprint density at radius 2 is 2.26 bits per heavy atom. The fraction of sp³-hybridized carbons (Fsp3) is 0.333. The molecule has 0 heterocycles. The molecule has 0 radical (unpaired) electrons. The lowest BCUT2D eigenvalue weighted by molar-refractivity contribution is -0.384. The van der Waals surface area contributed by atoms with Crippen LogP contribution >= 0.6 is 11.6 Å². The first-order valence-corrected chi connectivity index (χ1v) is 6.04. The molecule has 1 saturated carbocycles. The van der Waals surface area contributed by atoms with Gasteiger partial charge in [-0.05, 0) is 18.9 Å². The van der Waals surface area contributed by atoms with Crippen molar-refractivity contribution in [1.82, 2.24) is 4.90 Å². The molecule has 0 aliphatic heterocycles. The van der Waals surface area contributed by atoms with Crippen molar-refractivity contribution in [3.63, 3.8) is 0 Å². The lowest BCUT2D eigenvalue weighted by Gasteiger charge is -2.19. The minimum absolute atomic E-state index is 0.00316. The molecule has 98 valence electrons. The zero-order valence-corrected chi connectivity index (χ0v) is 10.6. The van der Waals surface area contributed by atoms with Crippen LogP contribution in [0, 0.1) is 21.4 Å². The van der Waals surface area contributed by atoms with E-state index >= 15 is 0 Å². The van der Waals surface area contributed by atoms with Crippen molar-refractivity contribution < 1.29 is 9.72 Å². The summed E-state index contributed by atoms with van der Waals surface area (Å²) in [6.07, 6.45) is 1.75. The molecule has 0 aromatic heterocycles. The quantitative estimate of drug-likeness (QED) is 0.481. The van der Waals surface area contributed by atoms with Crippen LogP contribution in [0.4, 0.5) is 5.69 Å². The van der Waals surface area contributed by atoms with E-state index in [0.717, 1.165) is 18.9 Å². The molecule has 0 N–H and O–H groups in total. The van der Waals surface area contributed by atoms with Gasteiger partial charge in [0, 0.05) is 18.2 Å². The van der Waals surface area contributed by atoms with Crippen LogP contribution in [0.15, 0.2) is 18.2 Å². The van der Waals surface area contributed by atoms with Crippen LogP contribution in [-0.2, 0) is 0 Å². The number of non-ortho nitro benzene ring substituents is 1. The van der Waals surface area contributed by atoms with E-state index in [4.69, 9.17) is 16.9 Å². The first-order valence-electron chi connectivity index (χ1n) is 5.66. The minimum atomic E-state index is -0.575. The van der Waals surface area contributed by atoms with Crippen LogP contribution in [0.3, 0.4) is 0 Å². The minimum Gasteiger partial charge on any atom is -0.322 e. The van der Waals surface area contributed by atoms with Gasteiger partial charge in [-0.25, -0.2) is 0 Å². The second kappa shape index (κ2) is 5.24. The summed E-state index contributed by atoms with van der Waals surface area (Å²) in [4.78, 5) is 23.7. The van der Waals surface area contributed by atoms with E-state index in [0.29, 0.717) is 0 Å². The highest BCUT2D eigenvalue weighted by molar-refractivity contribution is 6.34. The zero-order chi connectivity index (χ0) is 14.0. The first-order chi connectivity index (χ1) is 9.04. The summed E-state index contributed by atoms with van der Waals surface area (Å²) >= 11 is 5.90. The van der Waals surface area contributed by atoms with E-state index in [1.807, 2.05) is 6.07 Å². The van der Waals surface area contributed by atoms with Gasteiger partial charge in [0.25, 0.3) is 11.6 Å². The summed E-state index contributed by atoms with van der Waals surface area (Å²) < 4.78 is 0. The standard InChI is InChI=1S/C12H10ClN3O3/c13-11-7-9(16(18)19)3-4-10(11)12(17)15(6-5-14)8-1-2-8/h3-4,7-8H,1-2,6H2. The maximum absolute atomic E-state index is 12.2. The Kier molecular flexibility index (Phi) is 3.67.